The summed E-state index contributed by atoms with van der Waals surface area (Å²) in [7, 11) is 4.04. The van der Waals surface area contributed by atoms with Crippen molar-refractivity contribution in [1.82, 2.24) is 0 Å². The fourth-order valence-electron chi connectivity index (χ4n) is 4.79. The Morgan fingerprint density at radius 3 is 2.21 bits per heavy atom. The normalized spacial score (nSPS) is 13.8. The van der Waals surface area contributed by atoms with Crippen LogP contribution in [0.4, 0.5) is 14.5 Å². The van der Waals surface area contributed by atoms with Gasteiger partial charge in [0.25, 0.3) is 0 Å². The summed E-state index contributed by atoms with van der Waals surface area (Å²) in [5.41, 5.74) is 3.33. The average molecular weight is 570 g/mol. The van der Waals surface area contributed by atoms with Crippen molar-refractivity contribution in [3.05, 3.63) is 86.8 Å². The molecule has 2 aromatic carbocycles. The summed E-state index contributed by atoms with van der Waals surface area (Å²) in [6.45, 7) is 2.11. The first-order valence-corrected chi connectivity index (χ1v) is 14.2. The third-order valence-electron chi connectivity index (χ3n) is 6.68. The number of allylic oxidation sites excluding steroid dienone is 3. The highest BCUT2D eigenvalue weighted by Gasteiger charge is 2.34. The van der Waals surface area contributed by atoms with Crippen LogP contribution in [-0.2, 0) is 0 Å². The Morgan fingerprint density at radius 1 is 0.872 bits per heavy atom. The van der Waals surface area contributed by atoms with E-state index in [-0.39, 0.29) is 27.8 Å². The molecule has 4 nitrogen and oxygen atoms in total. The minimum atomic E-state index is -1.16. The van der Waals surface area contributed by atoms with Gasteiger partial charge in [0.15, 0.2) is 17.4 Å². The molecular weight excluding hydrogens is 553 g/mol. The number of Topliss-reactive ketones (excluding diaryl/α,β-unsaturated/α-hetero) is 1. The molecule has 0 amide bonds. The molecule has 9 heteroatoms. The summed E-state index contributed by atoms with van der Waals surface area (Å²) in [6, 6.07) is 15.9. The van der Waals surface area contributed by atoms with Gasteiger partial charge in [-0.1, -0.05) is 6.07 Å². The first-order valence-electron chi connectivity index (χ1n) is 11.7. The van der Waals surface area contributed by atoms with Gasteiger partial charge >= 0.3 is 0 Å². The monoisotopic (exact) mass is 569 g/mol. The Labute approximate surface area is 234 Å². The third kappa shape index (κ3) is 3.98. The molecule has 1 aliphatic rings. The van der Waals surface area contributed by atoms with Gasteiger partial charge in [0.2, 0.25) is 0 Å². The molecule has 0 fully saturated rings. The van der Waals surface area contributed by atoms with Crippen LogP contribution in [-0.4, -0.2) is 19.9 Å². The van der Waals surface area contributed by atoms with E-state index in [0.717, 1.165) is 36.8 Å². The number of hydrogen-bond acceptors (Lipinski definition) is 7. The van der Waals surface area contributed by atoms with Crippen molar-refractivity contribution in [3.63, 3.8) is 0 Å². The first-order chi connectivity index (χ1) is 18.7. The summed E-state index contributed by atoms with van der Waals surface area (Å²) in [6.07, 6.45) is 1.62. The maximum Gasteiger partial charge on any atom is 0.194 e. The number of benzene rings is 2. The van der Waals surface area contributed by atoms with Crippen molar-refractivity contribution in [3.8, 4) is 22.6 Å². The van der Waals surface area contributed by atoms with Gasteiger partial charge in [-0.2, -0.15) is 10.5 Å². The molecule has 3 aromatic heterocycles. The second-order valence-electron chi connectivity index (χ2n) is 9.31. The molecule has 0 saturated heterocycles. The standard InChI is InChI=1S/C30H17F2N3OS3/c1-14-6-16(35(2)3)4-5-18(14)24-11-26-30(39-24)29-25(38-26)8-17(37-29)7-21-27(15(12-33)13-34)19-9-22(31)23(32)10-20(19)28(21)36/h4-11H,1-3H3/b21-7-. The number of nitrogens with zero attached hydrogens (tertiary/aromatic N) is 3. The Hall–Kier alpha value is -4.15. The topological polar surface area (TPSA) is 67.9 Å². The van der Waals surface area contributed by atoms with Crippen molar-refractivity contribution >= 4 is 75.9 Å². The quantitative estimate of drug-likeness (QED) is 0.161. The number of fused-ring (bicyclic) bond motifs is 4. The van der Waals surface area contributed by atoms with E-state index in [0.29, 0.717) is 0 Å². The van der Waals surface area contributed by atoms with Gasteiger partial charge in [-0.25, -0.2) is 8.78 Å². The van der Waals surface area contributed by atoms with Gasteiger partial charge in [0.05, 0.1) is 9.40 Å². The lowest BCUT2D eigenvalue weighted by molar-refractivity contribution is 0.104. The number of carbonyl (C=O) groups is 1. The van der Waals surface area contributed by atoms with Crippen LogP contribution in [0.25, 0.3) is 40.9 Å². The zero-order valence-electron chi connectivity index (χ0n) is 20.8. The number of ketones is 1. The van der Waals surface area contributed by atoms with E-state index in [4.69, 9.17) is 0 Å². The number of nitriles is 2. The molecule has 3 heterocycles. The molecule has 0 unspecified atom stereocenters. The Morgan fingerprint density at radius 2 is 1.54 bits per heavy atom. The maximum absolute atomic E-state index is 14.1. The van der Waals surface area contributed by atoms with Crippen LogP contribution in [0.15, 0.2) is 53.6 Å². The van der Waals surface area contributed by atoms with E-state index in [1.807, 2.05) is 20.2 Å². The van der Waals surface area contributed by atoms with E-state index in [1.54, 1.807) is 40.9 Å². The average Bonchev–Trinajstić information content (AvgIpc) is 3.62. The Kier molecular flexibility index (Phi) is 5.96. The number of halogens is 2. The van der Waals surface area contributed by atoms with E-state index in [2.05, 4.69) is 36.1 Å². The van der Waals surface area contributed by atoms with Crippen molar-refractivity contribution in [2.24, 2.45) is 0 Å². The predicted molar refractivity (Wildman–Crippen MR) is 156 cm³/mol. The van der Waals surface area contributed by atoms with Crippen molar-refractivity contribution in [2.75, 3.05) is 19.0 Å². The predicted octanol–water partition coefficient (Wildman–Crippen LogP) is 8.58. The van der Waals surface area contributed by atoms with Crippen molar-refractivity contribution in [1.29, 1.82) is 10.5 Å². The van der Waals surface area contributed by atoms with E-state index >= 15 is 0 Å². The molecule has 6 rings (SSSR count). The summed E-state index contributed by atoms with van der Waals surface area (Å²) in [5, 5.41) is 19.1. The molecule has 0 bridgehead atoms. The lowest BCUT2D eigenvalue weighted by Crippen LogP contribution is -2.08. The van der Waals surface area contributed by atoms with Crippen molar-refractivity contribution in [2.45, 2.75) is 6.92 Å². The maximum atomic E-state index is 14.1. The van der Waals surface area contributed by atoms with Crippen LogP contribution in [0.1, 0.15) is 26.4 Å². The second kappa shape index (κ2) is 9.25. The minimum absolute atomic E-state index is 0.0378. The SMILES string of the molecule is Cc1cc(N(C)C)ccc1-c1cc2sc3cc(/C=C4\C(=O)c5cc(F)c(F)cc5C4=C(C#N)C#N)sc3c2s1. The molecule has 0 N–H and O–H groups in total. The molecular formula is C30H17F2N3OS3. The molecule has 0 aliphatic heterocycles. The zero-order chi connectivity index (χ0) is 27.6. The van der Waals surface area contributed by atoms with Gasteiger partial charge in [-0.3, -0.25) is 4.79 Å². The van der Waals surface area contributed by atoms with Gasteiger partial charge in [0, 0.05) is 55.6 Å². The van der Waals surface area contributed by atoms with Crippen LogP contribution in [0.3, 0.4) is 0 Å². The zero-order valence-corrected chi connectivity index (χ0v) is 23.3. The summed E-state index contributed by atoms with van der Waals surface area (Å²) in [4.78, 5) is 17.2. The highest BCUT2D eigenvalue weighted by Crippen LogP contribution is 2.48. The van der Waals surface area contributed by atoms with Crippen LogP contribution in [0.5, 0.6) is 0 Å². The fourth-order valence-corrected chi connectivity index (χ4v) is 8.86. The number of hydrogen-bond donors (Lipinski definition) is 0. The number of rotatable bonds is 3. The highest BCUT2D eigenvalue weighted by atomic mass is 32.1. The Bertz CT molecular complexity index is 2010. The molecule has 0 spiro atoms. The molecule has 190 valence electrons. The first kappa shape index (κ1) is 25.1. The number of carbonyl (C=O) groups excluding carboxylic acids is 1. The van der Waals surface area contributed by atoms with Gasteiger partial charge in [-0.05, 0) is 66.1 Å². The number of anilines is 1. The van der Waals surface area contributed by atoms with Crippen LogP contribution in [0.2, 0.25) is 0 Å². The minimum Gasteiger partial charge on any atom is -0.378 e. The van der Waals surface area contributed by atoms with Gasteiger partial charge in [-0.15, -0.1) is 34.0 Å². The summed E-state index contributed by atoms with van der Waals surface area (Å²) < 4.78 is 32.5. The van der Waals surface area contributed by atoms with Crippen LogP contribution >= 0.6 is 34.0 Å². The second-order valence-corrected chi connectivity index (χ2v) is 12.5. The lowest BCUT2D eigenvalue weighted by Gasteiger charge is -2.14. The van der Waals surface area contributed by atoms with Crippen LogP contribution in [0, 0.1) is 41.2 Å². The number of thiophene rings is 3. The summed E-state index contributed by atoms with van der Waals surface area (Å²) in [5.74, 6) is -2.84. The highest BCUT2D eigenvalue weighted by molar-refractivity contribution is 7.39. The molecule has 39 heavy (non-hydrogen) atoms. The third-order valence-corrected chi connectivity index (χ3v) is 10.4. The van der Waals surface area contributed by atoms with Crippen LogP contribution < -0.4 is 4.90 Å². The van der Waals surface area contributed by atoms with E-state index in [1.165, 1.54) is 32.0 Å². The van der Waals surface area contributed by atoms with E-state index < -0.39 is 17.4 Å². The molecule has 5 aromatic rings. The molecule has 0 radical (unpaired) electrons. The smallest absolute Gasteiger partial charge is 0.194 e. The largest absolute Gasteiger partial charge is 0.378 e. The molecule has 0 saturated carbocycles. The fraction of sp³-hybridized carbons (Fsp3) is 0.100. The van der Waals surface area contributed by atoms with Gasteiger partial charge in [0.1, 0.15) is 17.7 Å². The van der Waals surface area contributed by atoms with Crippen molar-refractivity contribution < 1.29 is 13.6 Å². The molecule has 0 atom stereocenters. The van der Waals surface area contributed by atoms with E-state index in [9.17, 15) is 24.1 Å². The Balaban J connectivity index is 1.46. The lowest BCUT2D eigenvalue weighted by atomic mass is 9.99. The number of aryl methyl sites for hydroxylation is 1. The summed E-state index contributed by atoms with van der Waals surface area (Å²) >= 11 is 4.88. The van der Waals surface area contributed by atoms with Gasteiger partial charge < -0.3 is 4.90 Å². The molecule has 1 aliphatic carbocycles.